The first-order valence-corrected chi connectivity index (χ1v) is 7.50. The molecule has 0 aliphatic rings. The Balaban J connectivity index is 2.59. The highest BCUT2D eigenvalue weighted by Crippen LogP contribution is 2.16. The molecule has 0 saturated heterocycles. The van der Waals surface area contributed by atoms with E-state index in [2.05, 4.69) is 19.2 Å². The van der Waals surface area contributed by atoms with E-state index in [0.717, 1.165) is 6.42 Å². The molecular weight excluding hydrogens is 280 g/mol. The summed E-state index contributed by atoms with van der Waals surface area (Å²) < 4.78 is 5.45. The molecule has 0 aliphatic heterocycles. The van der Waals surface area contributed by atoms with Crippen LogP contribution in [0, 0.1) is 5.92 Å². The van der Waals surface area contributed by atoms with Gasteiger partial charge >= 0.3 is 0 Å². The third-order valence-electron chi connectivity index (χ3n) is 3.36. The van der Waals surface area contributed by atoms with Gasteiger partial charge in [-0.25, -0.2) is 0 Å². The van der Waals surface area contributed by atoms with Crippen LogP contribution in [0.2, 0.25) is 0 Å². The van der Waals surface area contributed by atoms with Crippen LogP contribution in [-0.2, 0) is 4.79 Å². The third kappa shape index (κ3) is 5.85. The first kappa shape index (κ1) is 18.2. The predicted octanol–water partition coefficient (Wildman–Crippen LogP) is 2.15. The summed E-state index contributed by atoms with van der Waals surface area (Å²) in [6.45, 7) is 7.87. The molecule has 122 valence electrons. The summed E-state index contributed by atoms with van der Waals surface area (Å²) >= 11 is 0. The maximum atomic E-state index is 12.0. The van der Waals surface area contributed by atoms with E-state index in [1.54, 1.807) is 24.3 Å². The van der Waals surface area contributed by atoms with E-state index in [1.165, 1.54) is 6.92 Å². The molecule has 5 heteroatoms. The minimum atomic E-state index is -0.435. The fourth-order valence-electron chi connectivity index (χ4n) is 2.41. The Hall–Kier alpha value is -1.88. The number of ketones is 1. The predicted molar refractivity (Wildman–Crippen MR) is 87.0 cm³/mol. The summed E-state index contributed by atoms with van der Waals surface area (Å²) in [4.78, 5) is 23.3. The number of benzene rings is 1. The monoisotopic (exact) mass is 306 g/mol. The number of carbonyl (C=O) groups is 2. The summed E-state index contributed by atoms with van der Waals surface area (Å²) in [5, 5.41) is 2.93. The van der Waals surface area contributed by atoms with Gasteiger partial charge in [0.25, 0.3) is 5.91 Å². The van der Waals surface area contributed by atoms with E-state index >= 15 is 0 Å². The Labute approximate surface area is 132 Å². The van der Waals surface area contributed by atoms with Crippen molar-refractivity contribution in [3.8, 4) is 5.75 Å². The number of hydrogen-bond acceptors (Lipinski definition) is 4. The zero-order chi connectivity index (χ0) is 16.8. The van der Waals surface area contributed by atoms with E-state index in [1.807, 2.05) is 6.92 Å². The molecule has 1 unspecified atom stereocenters. The van der Waals surface area contributed by atoms with E-state index in [4.69, 9.17) is 10.5 Å². The number of rotatable bonds is 8. The van der Waals surface area contributed by atoms with Crippen LogP contribution in [-0.4, -0.2) is 30.4 Å². The number of nitrogens with two attached hydrogens (primary N) is 1. The van der Waals surface area contributed by atoms with Crippen molar-refractivity contribution in [2.75, 3.05) is 13.2 Å². The van der Waals surface area contributed by atoms with Crippen LogP contribution < -0.4 is 15.8 Å². The Kier molecular flexibility index (Phi) is 6.56. The van der Waals surface area contributed by atoms with Crippen molar-refractivity contribution < 1.29 is 14.3 Å². The molecular formula is C17H26N2O3. The van der Waals surface area contributed by atoms with Crippen molar-refractivity contribution in [1.29, 1.82) is 0 Å². The second kappa shape index (κ2) is 7.94. The van der Waals surface area contributed by atoms with Gasteiger partial charge in [0.1, 0.15) is 5.75 Å². The number of carbonyl (C=O) groups excluding carboxylic acids is 2. The van der Waals surface area contributed by atoms with Crippen molar-refractivity contribution in [2.45, 2.75) is 39.7 Å². The van der Waals surface area contributed by atoms with E-state index in [-0.39, 0.29) is 18.3 Å². The van der Waals surface area contributed by atoms with E-state index < -0.39 is 5.54 Å². The van der Waals surface area contributed by atoms with Crippen molar-refractivity contribution >= 4 is 11.7 Å². The first-order chi connectivity index (χ1) is 10.3. The number of ether oxygens (including phenoxy) is 1. The lowest BCUT2D eigenvalue weighted by Gasteiger charge is -2.31. The average Bonchev–Trinajstić information content (AvgIpc) is 2.44. The van der Waals surface area contributed by atoms with Gasteiger partial charge in [-0.05, 0) is 38.3 Å². The van der Waals surface area contributed by atoms with Gasteiger partial charge in [0.15, 0.2) is 12.4 Å². The summed E-state index contributed by atoms with van der Waals surface area (Å²) in [6, 6.07) is 6.79. The zero-order valence-electron chi connectivity index (χ0n) is 13.8. The lowest BCUT2D eigenvalue weighted by Crippen LogP contribution is -2.53. The van der Waals surface area contributed by atoms with Crippen molar-refractivity contribution in [3.05, 3.63) is 29.8 Å². The number of Topliss-reactive ketones (excluding diaryl/α,β-unsaturated/α-hetero) is 1. The molecule has 1 atom stereocenters. The van der Waals surface area contributed by atoms with Crippen LogP contribution in [0.1, 0.15) is 44.5 Å². The van der Waals surface area contributed by atoms with Crippen molar-refractivity contribution in [2.24, 2.45) is 11.7 Å². The largest absolute Gasteiger partial charge is 0.484 e. The third-order valence-corrected chi connectivity index (χ3v) is 3.36. The summed E-state index contributed by atoms with van der Waals surface area (Å²) in [7, 11) is 0. The van der Waals surface area contributed by atoms with Gasteiger partial charge < -0.3 is 15.8 Å². The Morgan fingerprint density at radius 2 is 2.05 bits per heavy atom. The molecule has 0 aromatic heterocycles. The van der Waals surface area contributed by atoms with Gasteiger partial charge in [0, 0.05) is 17.6 Å². The molecule has 5 nitrogen and oxygen atoms in total. The molecule has 1 aromatic rings. The zero-order valence-corrected chi connectivity index (χ0v) is 13.8. The SMILES string of the molecule is CC(=O)c1cccc(OCC(=O)NC(C)(CN)CC(C)C)c1. The molecule has 1 aromatic carbocycles. The Morgan fingerprint density at radius 3 is 2.59 bits per heavy atom. The molecule has 0 heterocycles. The quantitative estimate of drug-likeness (QED) is 0.721. The summed E-state index contributed by atoms with van der Waals surface area (Å²) in [5.41, 5.74) is 5.90. The van der Waals surface area contributed by atoms with Crippen LogP contribution in [0.3, 0.4) is 0 Å². The minimum absolute atomic E-state index is 0.0393. The number of amides is 1. The van der Waals surface area contributed by atoms with Gasteiger partial charge in [-0.15, -0.1) is 0 Å². The first-order valence-electron chi connectivity index (χ1n) is 7.50. The Morgan fingerprint density at radius 1 is 1.36 bits per heavy atom. The number of hydrogen-bond donors (Lipinski definition) is 2. The lowest BCUT2D eigenvalue weighted by atomic mass is 9.91. The van der Waals surface area contributed by atoms with Gasteiger partial charge in [-0.2, -0.15) is 0 Å². The highest BCUT2D eigenvalue weighted by atomic mass is 16.5. The average molecular weight is 306 g/mol. The van der Waals surface area contributed by atoms with E-state index in [0.29, 0.717) is 23.8 Å². The van der Waals surface area contributed by atoms with Gasteiger partial charge in [0.2, 0.25) is 0 Å². The maximum Gasteiger partial charge on any atom is 0.258 e. The second-order valence-corrected chi connectivity index (χ2v) is 6.28. The molecule has 22 heavy (non-hydrogen) atoms. The van der Waals surface area contributed by atoms with Crippen LogP contribution in [0.4, 0.5) is 0 Å². The summed E-state index contributed by atoms with van der Waals surface area (Å²) in [5.74, 6) is 0.674. The Bertz CT molecular complexity index is 528. The summed E-state index contributed by atoms with van der Waals surface area (Å²) in [6.07, 6.45) is 0.801. The lowest BCUT2D eigenvalue weighted by molar-refractivity contribution is -0.125. The van der Waals surface area contributed by atoms with Crippen molar-refractivity contribution in [3.63, 3.8) is 0 Å². The molecule has 0 saturated carbocycles. The van der Waals surface area contributed by atoms with Crippen LogP contribution in [0.15, 0.2) is 24.3 Å². The topological polar surface area (TPSA) is 81.4 Å². The fraction of sp³-hybridized carbons (Fsp3) is 0.529. The van der Waals surface area contributed by atoms with Gasteiger partial charge in [0.05, 0.1) is 0 Å². The van der Waals surface area contributed by atoms with Crippen molar-refractivity contribution in [1.82, 2.24) is 5.32 Å². The maximum absolute atomic E-state index is 12.0. The normalized spacial score (nSPS) is 13.5. The molecule has 0 fully saturated rings. The molecule has 3 N–H and O–H groups in total. The molecule has 0 bridgehead atoms. The number of nitrogens with one attached hydrogen (secondary N) is 1. The fourth-order valence-corrected chi connectivity index (χ4v) is 2.41. The smallest absolute Gasteiger partial charge is 0.258 e. The highest BCUT2D eigenvalue weighted by Gasteiger charge is 2.25. The van der Waals surface area contributed by atoms with Crippen LogP contribution in [0.25, 0.3) is 0 Å². The van der Waals surface area contributed by atoms with Crippen LogP contribution in [0.5, 0.6) is 5.75 Å². The highest BCUT2D eigenvalue weighted by molar-refractivity contribution is 5.94. The van der Waals surface area contributed by atoms with Gasteiger partial charge in [-0.3, -0.25) is 9.59 Å². The minimum Gasteiger partial charge on any atom is -0.484 e. The van der Waals surface area contributed by atoms with Gasteiger partial charge in [-0.1, -0.05) is 26.0 Å². The van der Waals surface area contributed by atoms with E-state index in [9.17, 15) is 9.59 Å². The standard InChI is InChI=1S/C17H26N2O3/c1-12(2)9-17(4,11-18)19-16(21)10-22-15-7-5-6-14(8-15)13(3)20/h5-8,12H,9-11,18H2,1-4H3,(H,19,21). The molecule has 0 spiro atoms. The second-order valence-electron chi connectivity index (χ2n) is 6.28. The molecule has 1 rings (SSSR count). The molecule has 0 aliphatic carbocycles. The van der Waals surface area contributed by atoms with Crippen LogP contribution >= 0.6 is 0 Å². The molecule has 0 radical (unpaired) electrons. The molecule has 1 amide bonds.